The molecule has 130 valence electrons. The molecule has 1 amide bonds. The Morgan fingerprint density at radius 2 is 2.00 bits per heavy atom. The van der Waals surface area contributed by atoms with Gasteiger partial charge >= 0.3 is 6.18 Å². The number of hydrogen-bond acceptors (Lipinski definition) is 3. The van der Waals surface area contributed by atoms with Gasteiger partial charge in [-0.05, 0) is 25.1 Å². The van der Waals surface area contributed by atoms with E-state index in [4.69, 9.17) is 5.73 Å². The molecule has 1 aromatic carbocycles. The summed E-state index contributed by atoms with van der Waals surface area (Å²) in [5.74, 6) is -1.96. The highest BCUT2D eigenvalue weighted by Crippen LogP contribution is 2.35. The van der Waals surface area contributed by atoms with E-state index in [1.54, 1.807) is 6.92 Å². The summed E-state index contributed by atoms with van der Waals surface area (Å²) in [6, 6.07) is 2.15. The van der Waals surface area contributed by atoms with Crippen molar-refractivity contribution in [3.8, 4) is 0 Å². The molecule has 0 aliphatic carbocycles. The molecule has 1 aromatic heterocycles. The standard InChI is InChI=1S/C14H12F4N4O.H2S/c1-7-6-21(13(23)12-11(19)5-20-22(7)12)8-2-3-9(10(15)4-8)14(16,17)18;/h2-5,7H,6,19H2,1H3;1H2/t7-;/m0./s1. The van der Waals surface area contributed by atoms with Crippen LogP contribution in [0.15, 0.2) is 24.4 Å². The van der Waals surface area contributed by atoms with Gasteiger partial charge in [0.1, 0.15) is 11.5 Å². The summed E-state index contributed by atoms with van der Waals surface area (Å²) < 4.78 is 53.1. The number of amides is 1. The second-order valence-electron chi connectivity index (χ2n) is 5.32. The first-order valence-electron chi connectivity index (χ1n) is 6.71. The van der Waals surface area contributed by atoms with E-state index in [9.17, 15) is 22.4 Å². The van der Waals surface area contributed by atoms with Gasteiger partial charge < -0.3 is 10.6 Å². The van der Waals surface area contributed by atoms with E-state index in [0.717, 1.165) is 6.07 Å². The Morgan fingerprint density at radius 1 is 1.33 bits per heavy atom. The van der Waals surface area contributed by atoms with Crippen LogP contribution in [0.4, 0.5) is 28.9 Å². The Morgan fingerprint density at radius 3 is 2.58 bits per heavy atom. The molecule has 1 atom stereocenters. The normalized spacial score (nSPS) is 17.5. The highest BCUT2D eigenvalue weighted by atomic mass is 32.1. The van der Waals surface area contributed by atoms with Gasteiger partial charge in [-0.25, -0.2) is 4.39 Å². The third kappa shape index (κ3) is 2.81. The lowest BCUT2D eigenvalue weighted by atomic mass is 10.1. The lowest BCUT2D eigenvalue weighted by Gasteiger charge is -2.32. The minimum atomic E-state index is -4.79. The molecule has 0 saturated carbocycles. The Labute approximate surface area is 141 Å². The molecule has 0 radical (unpaired) electrons. The number of alkyl halides is 3. The molecular weight excluding hydrogens is 348 g/mol. The lowest BCUT2D eigenvalue weighted by molar-refractivity contribution is -0.139. The van der Waals surface area contributed by atoms with Crippen molar-refractivity contribution >= 4 is 30.8 Å². The zero-order valence-corrected chi connectivity index (χ0v) is 13.4. The number of fused-ring (bicyclic) bond motifs is 1. The SMILES string of the molecule is C[C@H]1CN(c2ccc(C(F)(F)F)c(F)c2)C(=O)c2c(N)cnn21.S. The number of aromatic nitrogens is 2. The van der Waals surface area contributed by atoms with Crippen LogP contribution in [0.5, 0.6) is 0 Å². The van der Waals surface area contributed by atoms with Gasteiger partial charge in [-0.15, -0.1) is 0 Å². The van der Waals surface area contributed by atoms with Crippen LogP contribution in [0, 0.1) is 5.82 Å². The van der Waals surface area contributed by atoms with Crippen LogP contribution < -0.4 is 10.6 Å². The monoisotopic (exact) mass is 362 g/mol. The summed E-state index contributed by atoms with van der Waals surface area (Å²) in [5.41, 5.74) is 4.69. The highest BCUT2D eigenvalue weighted by Gasteiger charge is 2.36. The molecule has 2 N–H and O–H groups in total. The molecule has 1 aliphatic rings. The van der Waals surface area contributed by atoms with Crippen LogP contribution in [-0.2, 0) is 6.18 Å². The maximum Gasteiger partial charge on any atom is 0.419 e. The number of carbonyl (C=O) groups excluding carboxylic acids is 1. The van der Waals surface area contributed by atoms with Crippen molar-refractivity contribution in [3.05, 3.63) is 41.5 Å². The van der Waals surface area contributed by atoms with E-state index in [2.05, 4.69) is 5.10 Å². The summed E-state index contributed by atoms with van der Waals surface area (Å²) in [5, 5.41) is 4.00. The van der Waals surface area contributed by atoms with Gasteiger partial charge in [0.05, 0.1) is 23.5 Å². The molecule has 24 heavy (non-hydrogen) atoms. The van der Waals surface area contributed by atoms with Crippen molar-refractivity contribution in [1.82, 2.24) is 9.78 Å². The van der Waals surface area contributed by atoms with E-state index in [1.807, 2.05) is 0 Å². The van der Waals surface area contributed by atoms with E-state index in [-0.39, 0.29) is 43.2 Å². The molecule has 0 unspecified atom stereocenters. The smallest absolute Gasteiger partial charge is 0.396 e. The van der Waals surface area contributed by atoms with E-state index in [0.29, 0.717) is 12.1 Å². The number of nitrogens with two attached hydrogens (primary N) is 1. The Bertz CT molecular complexity index is 790. The van der Waals surface area contributed by atoms with E-state index < -0.39 is 23.5 Å². The largest absolute Gasteiger partial charge is 0.419 e. The van der Waals surface area contributed by atoms with Crippen LogP contribution in [0.3, 0.4) is 0 Å². The zero-order valence-electron chi connectivity index (χ0n) is 12.4. The van der Waals surface area contributed by atoms with Crippen molar-refractivity contribution in [3.63, 3.8) is 0 Å². The number of rotatable bonds is 1. The molecule has 0 spiro atoms. The van der Waals surface area contributed by atoms with E-state index >= 15 is 0 Å². The minimum absolute atomic E-state index is 0. The number of nitrogen functional groups attached to an aromatic ring is 1. The zero-order chi connectivity index (χ0) is 16.9. The third-order valence-electron chi connectivity index (χ3n) is 3.71. The predicted octanol–water partition coefficient (Wildman–Crippen LogP) is 2.96. The maximum atomic E-state index is 13.7. The summed E-state index contributed by atoms with van der Waals surface area (Å²) in [7, 11) is 0. The number of hydrogen-bond donors (Lipinski definition) is 1. The van der Waals surface area contributed by atoms with E-state index in [1.165, 1.54) is 15.8 Å². The van der Waals surface area contributed by atoms with Crippen molar-refractivity contribution < 1.29 is 22.4 Å². The Balaban J connectivity index is 0.00000208. The summed E-state index contributed by atoms with van der Waals surface area (Å²) in [4.78, 5) is 13.7. The molecule has 10 heteroatoms. The van der Waals surface area contributed by atoms with Crippen LogP contribution >= 0.6 is 13.5 Å². The summed E-state index contributed by atoms with van der Waals surface area (Å²) in [6.07, 6.45) is -3.45. The molecule has 1 aliphatic heterocycles. The molecule has 0 saturated heterocycles. The second-order valence-corrected chi connectivity index (χ2v) is 5.32. The first-order valence-corrected chi connectivity index (χ1v) is 6.71. The lowest BCUT2D eigenvalue weighted by Crippen LogP contribution is -2.43. The van der Waals surface area contributed by atoms with Gasteiger partial charge in [0.2, 0.25) is 0 Å². The fourth-order valence-corrected chi connectivity index (χ4v) is 2.61. The number of anilines is 2. The topological polar surface area (TPSA) is 64.2 Å². The molecule has 3 rings (SSSR count). The van der Waals surface area contributed by atoms with Crippen molar-refractivity contribution in [1.29, 1.82) is 0 Å². The Hall–Kier alpha value is -2.23. The predicted molar refractivity (Wildman–Crippen MR) is 84.8 cm³/mol. The number of benzene rings is 1. The first-order chi connectivity index (χ1) is 10.7. The van der Waals surface area contributed by atoms with Crippen LogP contribution in [0.1, 0.15) is 29.0 Å². The van der Waals surface area contributed by atoms with Crippen molar-refractivity contribution in [2.75, 3.05) is 17.2 Å². The number of nitrogens with zero attached hydrogens (tertiary/aromatic N) is 3. The average molecular weight is 362 g/mol. The molecule has 5 nitrogen and oxygen atoms in total. The van der Waals surface area contributed by atoms with Gasteiger partial charge in [-0.3, -0.25) is 9.48 Å². The quantitative estimate of drug-likeness (QED) is 0.794. The maximum absolute atomic E-state index is 13.7. The molecule has 0 bridgehead atoms. The molecule has 2 aromatic rings. The average Bonchev–Trinajstić information content (AvgIpc) is 2.84. The van der Waals surface area contributed by atoms with Gasteiger partial charge in [0, 0.05) is 12.2 Å². The molecule has 2 heterocycles. The van der Waals surface area contributed by atoms with Crippen LogP contribution in [-0.4, -0.2) is 22.2 Å². The summed E-state index contributed by atoms with van der Waals surface area (Å²) >= 11 is 0. The first kappa shape index (κ1) is 18.1. The highest BCUT2D eigenvalue weighted by molar-refractivity contribution is 7.59. The van der Waals surface area contributed by atoms with Gasteiger partial charge in [-0.2, -0.15) is 31.8 Å². The van der Waals surface area contributed by atoms with Gasteiger partial charge in [0.25, 0.3) is 5.91 Å². The minimum Gasteiger partial charge on any atom is -0.396 e. The number of carbonyl (C=O) groups is 1. The number of halogens is 4. The Kier molecular flexibility index (Phi) is 4.53. The molecular formula is C14H14F4N4OS. The van der Waals surface area contributed by atoms with Crippen LogP contribution in [0.2, 0.25) is 0 Å². The van der Waals surface area contributed by atoms with Crippen LogP contribution in [0.25, 0.3) is 0 Å². The van der Waals surface area contributed by atoms with Crippen molar-refractivity contribution in [2.45, 2.75) is 19.1 Å². The fourth-order valence-electron chi connectivity index (χ4n) is 2.61. The fraction of sp³-hybridized carbons (Fsp3) is 0.286. The van der Waals surface area contributed by atoms with Crippen molar-refractivity contribution in [2.24, 2.45) is 0 Å². The summed E-state index contributed by atoms with van der Waals surface area (Å²) in [6.45, 7) is 1.92. The second kappa shape index (κ2) is 6.00. The molecule has 0 fully saturated rings. The van der Waals surface area contributed by atoms with Gasteiger partial charge in [-0.1, -0.05) is 0 Å². The van der Waals surface area contributed by atoms with Gasteiger partial charge in [0.15, 0.2) is 0 Å². The third-order valence-corrected chi connectivity index (χ3v) is 3.71.